The van der Waals surface area contributed by atoms with Crippen molar-refractivity contribution in [1.29, 1.82) is 0 Å². The molecule has 2 aliphatic rings. The predicted octanol–water partition coefficient (Wildman–Crippen LogP) is 0.486. The van der Waals surface area contributed by atoms with Gasteiger partial charge in [0.15, 0.2) is 21.3 Å². The summed E-state index contributed by atoms with van der Waals surface area (Å²) in [6.07, 6.45) is 0.712. The van der Waals surface area contributed by atoms with Crippen molar-refractivity contribution in [2.75, 3.05) is 25.7 Å². The van der Waals surface area contributed by atoms with E-state index in [9.17, 15) is 18.0 Å². The van der Waals surface area contributed by atoms with E-state index < -0.39 is 15.9 Å². The average Bonchev–Trinajstić information content (AvgIpc) is 3.05. The van der Waals surface area contributed by atoms with E-state index in [4.69, 9.17) is 9.47 Å². The lowest BCUT2D eigenvalue weighted by molar-refractivity contribution is -0.133. The van der Waals surface area contributed by atoms with Gasteiger partial charge in [-0.2, -0.15) is 5.10 Å². The molecule has 0 radical (unpaired) electrons. The van der Waals surface area contributed by atoms with Crippen molar-refractivity contribution < 1.29 is 27.5 Å². The smallest absolute Gasteiger partial charge is 0.267 e. The normalized spacial score (nSPS) is 21.2. The first-order valence-corrected chi connectivity index (χ1v) is 10.7. The molecule has 2 amide bonds. The molecule has 0 unspecified atom stereocenters. The summed E-state index contributed by atoms with van der Waals surface area (Å²) in [5, 5.41) is 8.12. The number of carbonyl (C=O) groups is 2. The summed E-state index contributed by atoms with van der Waals surface area (Å²) in [5.41, 5.74) is 1.04. The largest absolute Gasteiger partial charge is 0.493 e. The molecule has 152 valence electrons. The summed E-state index contributed by atoms with van der Waals surface area (Å²) in [4.78, 5) is 24.6. The number of amides is 2. The molecule has 3 rings (SSSR count). The zero-order valence-electron chi connectivity index (χ0n) is 15.8. The van der Waals surface area contributed by atoms with Crippen LogP contribution in [0.25, 0.3) is 0 Å². The SMILES string of the molecule is COc1ccc(CNC(=O)C2=NN([C@H]3CCS(=O)(=O)C3)C(=O)CC2)cc1OC. The van der Waals surface area contributed by atoms with Crippen LogP contribution >= 0.6 is 0 Å². The summed E-state index contributed by atoms with van der Waals surface area (Å²) in [5.74, 6) is 0.450. The molecule has 2 aliphatic heterocycles. The Hall–Kier alpha value is -2.62. The zero-order chi connectivity index (χ0) is 20.3. The fourth-order valence-corrected chi connectivity index (χ4v) is 4.96. The van der Waals surface area contributed by atoms with Gasteiger partial charge >= 0.3 is 0 Å². The van der Waals surface area contributed by atoms with Crippen LogP contribution in [0.5, 0.6) is 11.5 Å². The Kier molecular flexibility index (Phi) is 5.87. The van der Waals surface area contributed by atoms with Crippen LogP contribution in [0, 0.1) is 0 Å². The second-order valence-corrected chi connectivity index (χ2v) is 8.94. The van der Waals surface area contributed by atoms with E-state index in [1.165, 1.54) is 12.1 Å². The molecule has 28 heavy (non-hydrogen) atoms. The second-order valence-electron chi connectivity index (χ2n) is 6.71. The topological polar surface area (TPSA) is 114 Å². The zero-order valence-corrected chi connectivity index (χ0v) is 16.6. The number of carbonyl (C=O) groups excluding carboxylic acids is 2. The molecule has 0 aliphatic carbocycles. The van der Waals surface area contributed by atoms with E-state index in [1.807, 2.05) is 6.07 Å². The van der Waals surface area contributed by atoms with E-state index in [-0.39, 0.29) is 48.4 Å². The van der Waals surface area contributed by atoms with Crippen molar-refractivity contribution in [3.63, 3.8) is 0 Å². The third kappa shape index (κ3) is 4.44. The van der Waals surface area contributed by atoms with Gasteiger partial charge in [-0.25, -0.2) is 13.4 Å². The highest BCUT2D eigenvalue weighted by atomic mass is 32.2. The summed E-state index contributed by atoms with van der Waals surface area (Å²) >= 11 is 0. The van der Waals surface area contributed by atoms with Crippen molar-refractivity contribution in [3.8, 4) is 11.5 Å². The highest BCUT2D eigenvalue weighted by molar-refractivity contribution is 7.91. The maximum Gasteiger partial charge on any atom is 0.267 e. The molecule has 0 spiro atoms. The van der Waals surface area contributed by atoms with Crippen molar-refractivity contribution >= 4 is 27.4 Å². The van der Waals surface area contributed by atoms with Crippen molar-refractivity contribution in [2.24, 2.45) is 5.10 Å². The average molecular weight is 409 g/mol. The molecule has 1 saturated heterocycles. The van der Waals surface area contributed by atoms with Crippen LogP contribution in [0.15, 0.2) is 23.3 Å². The summed E-state index contributed by atoms with van der Waals surface area (Å²) in [6, 6.07) is 4.83. The highest BCUT2D eigenvalue weighted by Crippen LogP contribution is 2.27. The van der Waals surface area contributed by atoms with Gasteiger partial charge < -0.3 is 14.8 Å². The predicted molar refractivity (Wildman–Crippen MR) is 102 cm³/mol. The molecule has 0 bridgehead atoms. The quantitative estimate of drug-likeness (QED) is 0.731. The van der Waals surface area contributed by atoms with Crippen LogP contribution in [0.3, 0.4) is 0 Å². The van der Waals surface area contributed by atoms with E-state index >= 15 is 0 Å². The van der Waals surface area contributed by atoms with Gasteiger partial charge in [0.25, 0.3) is 5.91 Å². The minimum Gasteiger partial charge on any atom is -0.493 e. The third-order valence-electron chi connectivity index (χ3n) is 4.78. The summed E-state index contributed by atoms with van der Waals surface area (Å²) < 4.78 is 33.8. The van der Waals surface area contributed by atoms with Gasteiger partial charge in [0.2, 0.25) is 5.91 Å². The highest BCUT2D eigenvalue weighted by Gasteiger charge is 2.37. The fourth-order valence-electron chi connectivity index (χ4n) is 3.26. The molecular formula is C18H23N3O6S. The van der Waals surface area contributed by atoms with Crippen molar-refractivity contribution in [1.82, 2.24) is 10.3 Å². The lowest BCUT2D eigenvalue weighted by Gasteiger charge is -2.27. The molecule has 0 saturated carbocycles. The van der Waals surface area contributed by atoms with E-state index in [1.54, 1.807) is 19.2 Å². The lowest BCUT2D eigenvalue weighted by atomic mass is 10.1. The Morgan fingerprint density at radius 1 is 1.25 bits per heavy atom. The van der Waals surface area contributed by atoms with Gasteiger partial charge in [-0.1, -0.05) is 6.07 Å². The molecule has 1 aromatic rings. The molecule has 1 atom stereocenters. The van der Waals surface area contributed by atoms with Crippen LogP contribution in [-0.4, -0.2) is 62.7 Å². The van der Waals surface area contributed by atoms with Gasteiger partial charge in [-0.15, -0.1) is 0 Å². The minimum atomic E-state index is -3.15. The second kappa shape index (κ2) is 8.17. The number of nitrogens with zero attached hydrogens (tertiary/aromatic N) is 2. The van der Waals surface area contributed by atoms with E-state index in [0.717, 1.165) is 5.56 Å². The number of methoxy groups -OCH3 is 2. The number of benzene rings is 1. The molecule has 9 nitrogen and oxygen atoms in total. The van der Waals surface area contributed by atoms with Crippen LogP contribution in [0.1, 0.15) is 24.8 Å². The van der Waals surface area contributed by atoms with Crippen LogP contribution < -0.4 is 14.8 Å². The number of hydrogen-bond acceptors (Lipinski definition) is 7. The Morgan fingerprint density at radius 2 is 2.00 bits per heavy atom. The van der Waals surface area contributed by atoms with Gasteiger partial charge in [0, 0.05) is 19.4 Å². The van der Waals surface area contributed by atoms with Crippen molar-refractivity contribution in [3.05, 3.63) is 23.8 Å². The molecule has 1 fully saturated rings. The molecule has 1 N–H and O–H groups in total. The Labute approximate surface area is 163 Å². The molecule has 10 heteroatoms. The molecular weight excluding hydrogens is 386 g/mol. The third-order valence-corrected chi connectivity index (χ3v) is 6.53. The maximum absolute atomic E-state index is 12.5. The van der Waals surface area contributed by atoms with Crippen LogP contribution in [0.4, 0.5) is 0 Å². The Balaban J connectivity index is 1.67. The van der Waals surface area contributed by atoms with Crippen molar-refractivity contribution in [2.45, 2.75) is 31.8 Å². The number of nitrogens with one attached hydrogen (secondary N) is 1. The Bertz CT molecular complexity index is 912. The number of ether oxygens (including phenoxy) is 2. The van der Waals surface area contributed by atoms with Gasteiger partial charge in [0.05, 0.1) is 31.8 Å². The van der Waals surface area contributed by atoms with E-state index in [0.29, 0.717) is 17.9 Å². The minimum absolute atomic E-state index is 0.0395. The van der Waals surface area contributed by atoms with Crippen LogP contribution in [-0.2, 0) is 26.0 Å². The standard InChI is InChI=1S/C18H23N3O6S/c1-26-15-5-3-12(9-16(15)27-2)10-19-18(23)14-4-6-17(22)21(20-14)13-7-8-28(24,25)11-13/h3,5,9,13H,4,6-8,10-11H2,1-2H3,(H,19,23)/t13-/m0/s1. The first kappa shape index (κ1) is 20.1. The molecule has 0 aromatic heterocycles. The van der Waals surface area contributed by atoms with Gasteiger partial charge in [-0.3, -0.25) is 9.59 Å². The lowest BCUT2D eigenvalue weighted by Crippen LogP contribution is -2.43. The first-order chi connectivity index (χ1) is 13.3. The number of hydrazone groups is 1. The maximum atomic E-state index is 12.5. The number of sulfone groups is 1. The number of rotatable bonds is 6. The van der Waals surface area contributed by atoms with Crippen LogP contribution in [0.2, 0.25) is 0 Å². The monoisotopic (exact) mass is 409 g/mol. The molecule has 1 aromatic carbocycles. The Morgan fingerprint density at radius 3 is 2.64 bits per heavy atom. The summed E-state index contributed by atoms with van der Waals surface area (Å²) in [7, 11) is -0.0721. The first-order valence-electron chi connectivity index (χ1n) is 8.92. The number of hydrogen-bond donors (Lipinski definition) is 1. The summed E-state index contributed by atoms with van der Waals surface area (Å²) in [6.45, 7) is 0.254. The van der Waals surface area contributed by atoms with E-state index in [2.05, 4.69) is 10.4 Å². The fraction of sp³-hybridized carbons (Fsp3) is 0.500. The van der Waals surface area contributed by atoms with Gasteiger partial charge in [-0.05, 0) is 24.1 Å². The molecule has 2 heterocycles. The van der Waals surface area contributed by atoms with Gasteiger partial charge in [0.1, 0.15) is 5.71 Å².